The van der Waals surface area contributed by atoms with Gasteiger partial charge in [-0.15, -0.1) is 0 Å². The lowest BCUT2D eigenvalue weighted by Crippen LogP contribution is -2.25. The minimum Gasteiger partial charge on any atom is -0.477 e. The molecule has 0 spiro atoms. The number of carboxylic acid groups (broad SMARTS) is 2. The van der Waals surface area contributed by atoms with Crippen LogP contribution in [0.5, 0.6) is 0 Å². The van der Waals surface area contributed by atoms with Gasteiger partial charge in [-0.2, -0.15) is 13.2 Å². The van der Waals surface area contributed by atoms with Gasteiger partial charge in [-0.25, -0.2) is 9.59 Å². The molecule has 1 aromatic carbocycles. The number of aromatic amines is 1. The third kappa shape index (κ3) is 5.79. The van der Waals surface area contributed by atoms with Crippen LogP contribution in [0.2, 0.25) is 0 Å². The summed E-state index contributed by atoms with van der Waals surface area (Å²) in [6, 6.07) is 8.05. The minimum absolute atomic E-state index is 0.284. The molecule has 4 N–H and O–H groups in total. The number of carbonyl (C=O) groups is 2. The van der Waals surface area contributed by atoms with Crippen molar-refractivity contribution >= 4 is 22.8 Å². The van der Waals surface area contributed by atoms with Gasteiger partial charge in [0.05, 0.1) is 0 Å². The zero-order chi connectivity index (χ0) is 19.2. The van der Waals surface area contributed by atoms with Crippen molar-refractivity contribution in [3.63, 3.8) is 0 Å². The van der Waals surface area contributed by atoms with Crippen molar-refractivity contribution in [2.75, 3.05) is 0 Å². The average Bonchev–Trinajstić information content (AvgIpc) is 2.91. The molecule has 1 heterocycles. The van der Waals surface area contributed by atoms with Crippen LogP contribution in [0.4, 0.5) is 13.2 Å². The number of carboxylic acids is 2. The lowest BCUT2D eigenvalue weighted by Gasteiger charge is -2.11. The SMILES string of the molecule is CCC(C)NCc1c(C(=O)O)[nH]c2ccccc12.O=C(O)C(F)(F)F. The second-order valence-corrected chi connectivity index (χ2v) is 5.32. The molecule has 9 heteroatoms. The number of rotatable bonds is 5. The second-order valence-electron chi connectivity index (χ2n) is 5.32. The molecule has 0 aliphatic carbocycles. The van der Waals surface area contributed by atoms with Gasteiger partial charge in [0.1, 0.15) is 5.69 Å². The number of hydrogen-bond donors (Lipinski definition) is 4. The summed E-state index contributed by atoms with van der Waals surface area (Å²) in [6.07, 6.45) is -4.06. The van der Waals surface area contributed by atoms with E-state index in [0.29, 0.717) is 12.6 Å². The molecule has 1 atom stereocenters. The summed E-state index contributed by atoms with van der Waals surface area (Å²) < 4.78 is 31.7. The maximum Gasteiger partial charge on any atom is 0.490 e. The number of aromatic nitrogens is 1. The number of H-pyrrole nitrogens is 1. The first-order valence-electron chi connectivity index (χ1n) is 7.44. The monoisotopic (exact) mass is 360 g/mol. The number of alkyl halides is 3. The zero-order valence-corrected chi connectivity index (χ0v) is 13.6. The van der Waals surface area contributed by atoms with E-state index in [-0.39, 0.29) is 5.69 Å². The Hall–Kier alpha value is -2.55. The second kappa shape index (κ2) is 8.52. The molecule has 0 fully saturated rings. The first kappa shape index (κ1) is 20.5. The summed E-state index contributed by atoms with van der Waals surface area (Å²) in [4.78, 5) is 23.1. The maximum atomic E-state index is 11.2. The summed E-state index contributed by atoms with van der Waals surface area (Å²) in [5.41, 5.74) is 1.99. The van der Waals surface area contributed by atoms with Crippen molar-refractivity contribution in [3.8, 4) is 0 Å². The minimum atomic E-state index is -5.08. The Morgan fingerprint density at radius 2 is 1.80 bits per heavy atom. The molecule has 0 saturated carbocycles. The fourth-order valence-corrected chi connectivity index (χ4v) is 1.99. The number of nitrogens with one attached hydrogen (secondary N) is 2. The highest BCUT2D eigenvalue weighted by Crippen LogP contribution is 2.22. The van der Waals surface area contributed by atoms with E-state index in [4.69, 9.17) is 9.90 Å². The third-order valence-corrected chi connectivity index (χ3v) is 3.51. The van der Waals surface area contributed by atoms with Crippen molar-refractivity contribution < 1.29 is 33.0 Å². The molecule has 6 nitrogen and oxygen atoms in total. The molecule has 0 bridgehead atoms. The Morgan fingerprint density at radius 1 is 1.24 bits per heavy atom. The van der Waals surface area contributed by atoms with Crippen LogP contribution in [-0.2, 0) is 11.3 Å². The Morgan fingerprint density at radius 3 is 2.28 bits per heavy atom. The van der Waals surface area contributed by atoms with Crippen molar-refractivity contribution in [2.24, 2.45) is 0 Å². The smallest absolute Gasteiger partial charge is 0.477 e. The molecule has 2 aromatic rings. The zero-order valence-electron chi connectivity index (χ0n) is 13.6. The average molecular weight is 360 g/mol. The fourth-order valence-electron chi connectivity index (χ4n) is 1.99. The lowest BCUT2D eigenvalue weighted by atomic mass is 10.1. The van der Waals surface area contributed by atoms with E-state index in [9.17, 15) is 23.1 Å². The molecule has 0 saturated heterocycles. The molecule has 2 rings (SSSR count). The van der Waals surface area contributed by atoms with Crippen LogP contribution in [0.15, 0.2) is 24.3 Å². The van der Waals surface area contributed by atoms with E-state index in [1.54, 1.807) is 0 Å². The molecule has 138 valence electrons. The molecule has 0 radical (unpaired) electrons. The van der Waals surface area contributed by atoms with E-state index in [1.165, 1.54) is 0 Å². The Kier molecular flexibility index (Phi) is 6.98. The Balaban J connectivity index is 0.000000381. The maximum absolute atomic E-state index is 11.2. The first-order chi connectivity index (χ1) is 11.6. The number of benzene rings is 1. The third-order valence-electron chi connectivity index (χ3n) is 3.51. The van der Waals surface area contributed by atoms with E-state index in [0.717, 1.165) is 22.9 Å². The van der Waals surface area contributed by atoms with Gasteiger partial charge in [0.15, 0.2) is 0 Å². The normalized spacial score (nSPS) is 12.4. The molecular weight excluding hydrogens is 341 g/mol. The number of aliphatic carboxylic acids is 1. The molecule has 0 aliphatic rings. The highest BCUT2D eigenvalue weighted by atomic mass is 19.4. The van der Waals surface area contributed by atoms with Gasteiger partial charge in [-0.05, 0) is 19.4 Å². The predicted molar refractivity (Wildman–Crippen MR) is 85.5 cm³/mol. The van der Waals surface area contributed by atoms with Crippen LogP contribution in [0.3, 0.4) is 0 Å². The molecular formula is C16H19F3N2O4. The quantitative estimate of drug-likeness (QED) is 0.655. The largest absolute Gasteiger partial charge is 0.490 e. The van der Waals surface area contributed by atoms with E-state index in [1.807, 2.05) is 24.3 Å². The number of para-hydroxylation sites is 1. The van der Waals surface area contributed by atoms with Crippen LogP contribution >= 0.6 is 0 Å². The van der Waals surface area contributed by atoms with E-state index in [2.05, 4.69) is 24.1 Å². The van der Waals surface area contributed by atoms with Gasteiger partial charge in [0.25, 0.3) is 0 Å². The van der Waals surface area contributed by atoms with Crippen molar-refractivity contribution in [1.29, 1.82) is 0 Å². The highest BCUT2D eigenvalue weighted by Gasteiger charge is 2.38. The van der Waals surface area contributed by atoms with Gasteiger partial charge in [0.2, 0.25) is 0 Å². The number of halogens is 3. The summed E-state index contributed by atoms with van der Waals surface area (Å²) in [5, 5.41) is 20.7. The summed E-state index contributed by atoms with van der Waals surface area (Å²) in [5.74, 6) is -3.67. The van der Waals surface area contributed by atoms with Gasteiger partial charge in [-0.3, -0.25) is 0 Å². The molecule has 1 aromatic heterocycles. The molecule has 1 unspecified atom stereocenters. The Labute approximate surface area is 141 Å². The van der Waals surface area contributed by atoms with Gasteiger partial charge < -0.3 is 20.5 Å². The standard InChI is InChI=1S/C14H18N2O2.C2HF3O2/c1-3-9(2)15-8-11-10-6-4-5-7-12(10)16-13(11)14(17)18;3-2(4,5)1(6)7/h4-7,9,15-16H,3,8H2,1-2H3,(H,17,18);(H,6,7). The highest BCUT2D eigenvalue weighted by molar-refractivity contribution is 5.97. The van der Waals surface area contributed by atoms with E-state index < -0.39 is 18.1 Å². The summed E-state index contributed by atoms with van der Waals surface area (Å²) >= 11 is 0. The molecule has 25 heavy (non-hydrogen) atoms. The summed E-state index contributed by atoms with van der Waals surface area (Å²) in [6.45, 7) is 4.76. The molecule has 0 amide bonds. The molecule has 0 aliphatic heterocycles. The van der Waals surface area contributed by atoms with Crippen molar-refractivity contribution in [1.82, 2.24) is 10.3 Å². The van der Waals surface area contributed by atoms with Crippen LogP contribution < -0.4 is 5.32 Å². The van der Waals surface area contributed by atoms with Crippen molar-refractivity contribution in [3.05, 3.63) is 35.5 Å². The van der Waals surface area contributed by atoms with Crippen molar-refractivity contribution in [2.45, 2.75) is 39.0 Å². The van der Waals surface area contributed by atoms with Crippen LogP contribution in [-0.4, -0.2) is 39.4 Å². The topological polar surface area (TPSA) is 102 Å². The number of fused-ring (bicyclic) bond motifs is 1. The van der Waals surface area contributed by atoms with Crippen LogP contribution in [0.25, 0.3) is 10.9 Å². The fraction of sp³-hybridized carbons (Fsp3) is 0.375. The number of hydrogen-bond acceptors (Lipinski definition) is 3. The Bertz CT molecular complexity index is 741. The summed E-state index contributed by atoms with van der Waals surface area (Å²) in [7, 11) is 0. The van der Waals surface area contributed by atoms with E-state index >= 15 is 0 Å². The van der Waals surface area contributed by atoms with Gasteiger partial charge in [0, 0.05) is 29.1 Å². The first-order valence-corrected chi connectivity index (χ1v) is 7.44. The van der Waals surface area contributed by atoms with Crippen LogP contribution in [0, 0.1) is 0 Å². The number of aromatic carboxylic acids is 1. The van der Waals surface area contributed by atoms with Crippen LogP contribution in [0.1, 0.15) is 36.3 Å². The predicted octanol–water partition coefficient (Wildman–Crippen LogP) is 3.39. The van der Waals surface area contributed by atoms with Gasteiger partial charge in [-0.1, -0.05) is 25.1 Å². The van der Waals surface area contributed by atoms with Gasteiger partial charge >= 0.3 is 18.1 Å². The lowest BCUT2D eigenvalue weighted by molar-refractivity contribution is -0.192.